The number of hydrogen-bond donors (Lipinski definition) is 3. The predicted octanol–water partition coefficient (Wildman–Crippen LogP) is 2.93. The number of carbonyl (C=O) groups is 1. The highest BCUT2D eigenvalue weighted by Gasteiger charge is 2.12. The summed E-state index contributed by atoms with van der Waals surface area (Å²) in [5, 5.41) is 14.7. The third-order valence-electron chi connectivity index (χ3n) is 2.51. The van der Waals surface area contributed by atoms with Crippen LogP contribution in [0.15, 0.2) is 41.0 Å². The zero-order valence-corrected chi connectivity index (χ0v) is 11.0. The average molecular weight is 299 g/mol. The van der Waals surface area contributed by atoms with E-state index in [1.54, 1.807) is 12.1 Å². The van der Waals surface area contributed by atoms with Crippen LogP contribution >= 0.6 is 11.6 Å². The van der Waals surface area contributed by atoms with E-state index in [1.807, 2.05) is 0 Å². The van der Waals surface area contributed by atoms with Crippen molar-refractivity contribution < 1.29 is 18.7 Å². The van der Waals surface area contributed by atoms with Crippen LogP contribution in [0.25, 0.3) is 0 Å². The molecule has 0 aliphatic carbocycles. The van der Waals surface area contributed by atoms with Crippen molar-refractivity contribution in [2.45, 2.75) is 6.10 Å². The number of anilines is 1. The van der Waals surface area contributed by atoms with Gasteiger partial charge in [0.2, 0.25) is 0 Å². The lowest BCUT2D eigenvalue weighted by Crippen LogP contribution is -2.32. The van der Waals surface area contributed by atoms with Gasteiger partial charge < -0.3 is 20.2 Å². The van der Waals surface area contributed by atoms with Crippen LogP contribution in [-0.2, 0) is 0 Å². The van der Waals surface area contributed by atoms with Gasteiger partial charge in [-0.2, -0.15) is 0 Å². The minimum atomic E-state index is -0.945. The Morgan fingerprint density at radius 2 is 2.25 bits per heavy atom. The summed E-state index contributed by atoms with van der Waals surface area (Å²) in [4.78, 5) is 11.6. The fourth-order valence-corrected chi connectivity index (χ4v) is 1.74. The molecular formula is C13H12ClFN2O3. The van der Waals surface area contributed by atoms with Crippen LogP contribution in [0.1, 0.15) is 11.9 Å². The maximum Gasteiger partial charge on any atom is 0.319 e. The summed E-state index contributed by atoms with van der Waals surface area (Å²) in [7, 11) is 0. The number of aliphatic hydroxyl groups is 1. The van der Waals surface area contributed by atoms with Gasteiger partial charge in [0.15, 0.2) is 0 Å². The molecule has 0 spiro atoms. The molecule has 1 heterocycles. The maximum absolute atomic E-state index is 12.8. The summed E-state index contributed by atoms with van der Waals surface area (Å²) in [5.74, 6) is -0.140. The predicted molar refractivity (Wildman–Crippen MR) is 72.1 cm³/mol. The number of halogens is 2. The van der Waals surface area contributed by atoms with Gasteiger partial charge >= 0.3 is 6.03 Å². The summed E-state index contributed by atoms with van der Waals surface area (Å²) in [6, 6.07) is 6.29. The number of urea groups is 1. The van der Waals surface area contributed by atoms with Crippen LogP contribution in [0, 0.1) is 5.82 Å². The van der Waals surface area contributed by atoms with Crippen LogP contribution in [-0.4, -0.2) is 17.7 Å². The standard InChI is InChI=1S/C13H12ClFN2O3/c14-9-6-8(15)3-4-10(9)17-13(19)16-7-11(18)12-2-1-5-20-12/h1-6,11,18H,7H2,(H2,16,17,19). The highest BCUT2D eigenvalue weighted by molar-refractivity contribution is 6.33. The zero-order chi connectivity index (χ0) is 14.5. The monoisotopic (exact) mass is 298 g/mol. The highest BCUT2D eigenvalue weighted by atomic mass is 35.5. The Morgan fingerprint density at radius 1 is 1.45 bits per heavy atom. The van der Waals surface area contributed by atoms with E-state index in [4.69, 9.17) is 16.0 Å². The molecule has 0 fully saturated rings. The first-order valence-electron chi connectivity index (χ1n) is 5.77. The summed E-state index contributed by atoms with van der Waals surface area (Å²) in [5.41, 5.74) is 0.276. The van der Waals surface area contributed by atoms with Crippen LogP contribution < -0.4 is 10.6 Å². The van der Waals surface area contributed by atoms with Crippen molar-refractivity contribution in [3.63, 3.8) is 0 Å². The van der Waals surface area contributed by atoms with E-state index in [-0.39, 0.29) is 17.3 Å². The van der Waals surface area contributed by atoms with Crippen molar-refractivity contribution >= 4 is 23.3 Å². The number of rotatable bonds is 4. The van der Waals surface area contributed by atoms with E-state index in [9.17, 15) is 14.3 Å². The lowest BCUT2D eigenvalue weighted by molar-refractivity contribution is 0.149. The number of aliphatic hydroxyl groups excluding tert-OH is 1. The number of carbonyl (C=O) groups excluding carboxylic acids is 1. The van der Waals surface area contributed by atoms with Gasteiger partial charge in [-0.1, -0.05) is 11.6 Å². The molecule has 2 rings (SSSR count). The molecule has 5 nitrogen and oxygen atoms in total. The molecule has 1 unspecified atom stereocenters. The fraction of sp³-hybridized carbons (Fsp3) is 0.154. The molecule has 3 N–H and O–H groups in total. The molecule has 2 aromatic rings. The summed E-state index contributed by atoms with van der Waals surface area (Å²) >= 11 is 5.77. The van der Waals surface area contributed by atoms with Crippen LogP contribution in [0.3, 0.4) is 0 Å². The second-order valence-electron chi connectivity index (χ2n) is 3.99. The van der Waals surface area contributed by atoms with Crippen LogP contribution in [0.4, 0.5) is 14.9 Å². The van der Waals surface area contributed by atoms with Gasteiger partial charge in [0.05, 0.1) is 23.5 Å². The molecule has 2 amide bonds. The molecule has 1 atom stereocenters. The van der Waals surface area contributed by atoms with Gasteiger partial charge in [-0.05, 0) is 30.3 Å². The summed E-state index contributed by atoms with van der Waals surface area (Å²) in [6.07, 6.45) is 0.483. The van der Waals surface area contributed by atoms with Crippen molar-refractivity contribution in [2.75, 3.05) is 11.9 Å². The normalized spacial score (nSPS) is 11.9. The summed E-state index contributed by atoms with van der Waals surface area (Å²) < 4.78 is 17.8. The third-order valence-corrected chi connectivity index (χ3v) is 2.82. The SMILES string of the molecule is O=C(NCC(O)c1ccco1)Nc1ccc(F)cc1Cl. The minimum Gasteiger partial charge on any atom is -0.467 e. The first kappa shape index (κ1) is 14.4. The molecule has 106 valence electrons. The van der Waals surface area contributed by atoms with E-state index < -0.39 is 18.0 Å². The molecule has 0 saturated carbocycles. The molecular weight excluding hydrogens is 287 g/mol. The number of hydrogen-bond acceptors (Lipinski definition) is 3. The van der Waals surface area contributed by atoms with Crippen LogP contribution in [0.2, 0.25) is 5.02 Å². The number of furan rings is 1. The Bertz CT molecular complexity index is 589. The van der Waals surface area contributed by atoms with E-state index in [0.29, 0.717) is 5.76 Å². The van der Waals surface area contributed by atoms with Gasteiger partial charge in [-0.15, -0.1) is 0 Å². The first-order chi connectivity index (χ1) is 9.56. The fourth-order valence-electron chi connectivity index (χ4n) is 1.53. The van der Waals surface area contributed by atoms with Crippen molar-refractivity contribution in [2.24, 2.45) is 0 Å². The Labute approximate surface area is 119 Å². The average Bonchev–Trinajstić information content (AvgIpc) is 2.93. The van der Waals surface area contributed by atoms with Gasteiger partial charge in [-0.3, -0.25) is 0 Å². The molecule has 0 aliphatic rings. The molecule has 20 heavy (non-hydrogen) atoms. The second kappa shape index (κ2) is 6.40. The molecule has 7 heteroatoms. The Kier molecular flexibility index (Phi) is 4.60. The van der Waals surface area contributed by atoms with Gasteiger partial charge in [0, 0.05) is 0 Å². The molecule has 1 aromatic heterocycles. The maximum atomic E-state index is 12.8. The summed E-state index contributed by atoms with van der Waals surface area (Å²) in [6.45, 7) is -0.0296. The Hall–Kier alpha value is -2.05. The van der Waals surface area contributed by atoms with Crippen LogP contribution in [0.5, 0.6) is 0 Å². The molecule has 1 aromatic carbocycles. The van der Waals surface area contributed by atoms with Gasteiger partial charge in [0.25, 0.3) is 0 Å². The van der Waals surface area contributed by atoms with Crippen molar-refractivity contribution in [1.29, 1.82) is 0 Å². The molecule has 0 aliphatic heterocycles. The topological polar surface area (TPSA) is 74.5 Å². The third kappa shape index (κ3) is 3.72. The lowest BCUT2D eigenvalue weighted by atomic mass is 10.3. The van der Waals surface area contributed by atoms with Gasteiger partial charge in [0.1, 0.15) is 17.7 Å². The second-order valence-corrected chi connectivity index (χ2v) is 4.40. The quantitative estimate of drug-likeness (QED) is 0.812. The van der Waals surface area contributed by atoms with E-state index in [2.05, 4.69) is 10.6 Å². The van der Waals surface area contributed by atoms with E-state index in [0.717, 1.165) is 6.07 Å². The zero-order valence-electron chi connectivity index (χ0n) is 10.3. The lowest BCUT2D eigenvalue weighted by Gasteiger charge is -2.11. The van der Waals surface area contributed by atoms with Crippen molar-refractivity contribution in [3.05, 3.63) is 53.2 Å². The minimum absolute atomic E-state index is 0.0296. The van der Waals surface area contributed by atoms with Crippen molar-refractivity contribution in [1.82, 2.24) is 5.32 Å². The molecule has 0 bridgehead atoms. The van der Waals surface area contributed by atoms with Crippen molar-refractivity contribution in [3.8, 4) is 0 Å². The smallest absolute Gasteiger partial charge is 0.319 e. The van der Waals surface area contributed by atoms with E-state index >= 15 is 0 Å². The Balaban J connectivity index is 1.86. The van der Waals surface area contributed by atoms with Gasteiger partial charge in [-0.25, -0.2) is 9.18 Å². The highest BCUT2D eigenvalue weighted by Crippen LogP contribution is 2.22. The largest absolute Gasteiger partial charge is 0.467 e. The first-order valence-corrected chi connectivity index (χ1v) is 6.15. The molecule has 0 radical (unpaired) electrons. The Morgan fingerprint density at radius 3 is 2.90 bits per heavy atom. The number of benzene rings is 1. The molecule has 0 saturated heterocycles. The van der Waals surface area contributed by atoms with E-state index in [1.165, 1.54) is 18.4 Å². The number of nitrogens with one attached hydrogen (secondary N) is 2. The number of amides is 2.